The zero-order chi connectivity index (χ0) is 16.7. The molecule has 0 atom stereocenters. The van der Waals surface area contributed by atoms with Gasteiger partial charge in [0.05, 0.1) is 19.8 Å². The third kappa shape index (κ3) is 3.43. The van der Waals surface area contributed by atoms with Crippen molar-refractivity contribution in [3.05, 3.63) is 91.0 Å². The molecule has 0 aromatic heterocycles. The molecule has 0 fully saturated rings. The molecule has 0 aliphatic rings. The molecule has 0 radical (unpaired) electrons. The van der Waals surface area contributed by atoms with Crippen molar-refractivity contribution in [3.63, 3.8) is 0 Å². The molecule has 0 spiro atoms. The van der Waals surface area contributed by atoms with Crippen molar-refractivity contribution in [2.45, 2.75) is 6.42 Å². The van der Waals surface area contributed by atoms with E-state index in [0.29, 0.717) is 0 Å². The molecular formula is C22H26NP+2. The molecule has 0 saturated carbocycles. The number of quaternary nitrogens is 1. The van der Waals surface area contributed by atoms with Crippen molar-refractivity contribution >= 4 is 23.2 Å². The minimum absolute atomic E-state index is 1.17. The van der Waals surface area contributed by atoms with Gasteiger partial charge >= 0.3 is 0 Å². The number of hydrogen-bond acceptors (Lipinski definition) is 0. The lowest BCUT2D eigenvalue weighted by molar-refractivity contribution is -0.626. The molecule has 1 nitrogen and oxygen atoms in total. The Balaban J connectivity index is 2.20. The van der Waals surface area contributed by atoms with Crippen LogP contribution in [-0.2, 0) is 0 Å². The van der Waals surface area contributed by atoms with Crippen molar-refractivity contribution in [2.24, 2.45) is 0 Å². The van der Waals surface area contributed by atoms with Crippen LogP contribution in [0.4, 0.5) is 0 Å². The summed E-state index contributed by atoms with van der Waals surface area (Å²) in [5.74, 6) is 0. The van der Waals surface area contributed by atoms with Gasteiger partial charge in [0.25, 0.3) is 0 Å². The zero-order valence-corrected chi connectivity index (χ0v) is 15.2. The monoisotopic (exact) mass is 335 g/mol. The molecule has 0 amide bonds. The Kier molecular flexibility index (Phi) is 5.80. The van der Waals surface area contributed by atoms with Gasteiger partial charge in [-0.2, -0.15) is 0 Å². The Morgan fingerprint density at radius 1 is 0.625 bits per heavy atom. The van der Waals surface area contributed by atoms with Crippen molar-refractivity contribution in [1.29, 1.82) is 0 Å². The van der Waals surface area contributed by atoms with Crippen LogP contribution < -0.4 is 21.2 Å². The summed E-state index contributed by atoms with van der Waals surface area (Å²) < 4.78 is 0. The van der Waals surface area contributed by atoms with E-state index in [9.17, 15) is 0 Å². The van der Waals surface area contributed by atoms with Gasteiger partial charge in [0, 0.05) is 6.42 Å². The highest BCUT2D eigenvalue weighted by molar-refractivity contribution is 7.95. The molecule has 3 rings (SSSR count). The Hall–Kier alpha value is -1.95. The summed E-state index contributed by atoms with van der Waals surface area (Å²) in [6, 6.07) is 33.4. The molecular weight excluding hydrogens is 309 g/mol. The average Bonchev–Trinajstić information content (AvgIpc) is 2.68. The number of rotatable bonds is 7. The second kappa shape index (κ2) is 8.24. The first-order valence-corrected chi connectivity index (χ1v) is 10.7. The van der Waals surface area contributed by atoms with E-state index in [1.807, 2.05) is 0 Å². The summed E-state index contributed by atoms with van der Waals surface area (Å²) in [5, 5.41) is 6.74. The van der Waals surface area contributed by atoms with Crippen LogP contribution in [0.3, 0.4) is 0 Å². The van der Waals surface area contributed by atoms with Gasteiger partial charge in [-0.05, 0) is 36.4 Å². The highest BCUT2D eigenvalue weighted by atomic mass is 31.2. The van der Waals surface area contributed by atoms with E-state index in [0.717, 1.165) is 0 Å². The summed E-state index contributed by atoms with van der Waals surface area (Å²) in [7, 11) is 0.557. The Morgan fingerprint density at radius 2 is 1.00 bits per heavy atom. The Bertz CT molecular complexity index is 629. The van der Waals surface area contributed by atoms with Gasteiger partial charge in [0.2, 0.25) is 0 Å². The fourth-order valence-corrected chi connectivity index (χ4v) is 7.78. The number of benzene rings is 3. The summed E-state index contributed by atoms with van der Waals surface area (Å²) in [6.45, 7) is 1.17. The van der Waals surface area contributed by atoms with E-state index >= 15 is 0 Å². The summed E-state index contributed by atoms with van der Waals surface area (Å²) in [6.07, 6.45) is 2.44. The van der Waals surface area contributed by atoms with Crippen molar-refractivity contribution in [1.82, 2.24) is 0 Å². The van der Waals surface area contributed by atoms with Gasteiger partial charge in [0.1, 0.15) is 23.2 Å². The largest absolute Gasteiger partial charge is 0.349 e. The molecule has 0 bridgehead atoms. The minimum atomic E-state index is -1.60. The second-order valence-corrected chi connectivity index (χ2v) is 9.71. The normalized spacial score (nSPS) is 11.4. The first kappa shape index (κ1) is 16.9. The smallest absolute Gasteiger partial charge is 0.112 e. The minimum Gasteiger partial charge on any atom is -0.349 e. The highest BCUT2D eigenvalue weighted by Crippen LogP contribution is 2.55. The number of hydrogen-bond donors (Lipinski definition) is 1. The van der Waals surface area contributed by atoms with Crippen LogP contribution in [0, 0.1) is 0 Å². The fourth-order valence-electron chi connectivity index (χ4n) is 3.41. The fraction of sp³-hybridized carbons (Fsp3) is 0.182. The lowest BCUT2D eigenvalue weighted by Crippen LogP contribution is -2.79. The molecule has 24 heavy (non-hydrogen) atoms. The van der Waals surface area contributed by atoms with E-state index in [1.54, 1.807) is 0 Å². The van der Waals surface area contributed by atoms with Crippen molar-refractivity contribution in [2.75, 3.05) is 19.8 Å². The quantitative estimate of drug-likeness (QED) is 0.505. The maximum Gasteiger partial charge on any atom is 0.112 e. The Morgan fingerprint density at radius 3 is 1.33 bits per heavy atom. The molecule has 3 aromatic rings. The van der Waals surface area contributed by atoms with Crippen LogP contribution in [0.25, 0.3) is 0 Å². The first-order chi connectivity index (χ1) is 11.9. The molecule has 2 heteroatoms. The SMILES string of the molecule is C[NH2+]CCC[P+](c1ccccc1)(c1ccccc1)c1ccccc1. The highest BCUT2D eigenvalue weighted by Gasteiger charge is 2.44. The maximum atomic E-state index is 2.32. The van der Waals surface area contributed by atoms with Crippen LogP contribution in [0.15, 0.2) is 91.0 Å². The topological polar surface area (TPSA) is 16.6 Å². The lowest BCUT2D eigenvalue weighted by Gasteiger charge is -2.27. The maximum absolute atomic E-state index is 2.32. The van der Waals surface area contributed by atoms with Gasteiger partial charge in [-0.1, -0.05) is 54.6 Å². The summed E-state index contributed by atoms with van der Waals surface area (Å²) in [5.41, 5.74) is 0. The van der Waals surface area contributed by atoms with Crippen molar-refractivity contribution < 1.29 is 5.32 Å². The van der Waals surface area contributed by atoms with E-state index in [-0.39, 0.29) is 0 Å². The second-order valence-electron chi connectivity index (χ2n) is 6.09. The van der Waals surface area contributed by atoms with Gasteiger partial charge in [0.15, 0.2) is 0 Å². The van der Waals surface area contributed by atoms with E-state index in [1.165, 1.54) is 35.0 Å². The standard InChI is InChI=1S/C22H25NP/c1-23-18-11-19-24(20-12-5-2-6-13-20,21-14-7-3-8-15-21)22-16-9-4-10-17-22/h2-10,12-17,23H,11,18-19H2,1H3/q+1/p+1. The average molecular weight is 335 g/mol. The molecule has 0 heterocycles. The molecule has 0 unspecified atom stereocenters. The van der Waals surface area contributed by atoms with Gasteiger partial charge in [-0.25, -0.2) is 0 Å². The third-order valence-electron chi connectivity index (χ3n) is 4.58. The van der Waals surface area contributed by atoms with Crippen LogP contribution in [0.1, 0.15) is 6.42 Å². The molecule has 0 saturated heterocycles. The van der Waals surface area contributed by atoms with Crippen LogP contribution in [0.5, 0.6) is 0 Å². The van der Waals surface area contributed by atoms with E-state index in [4.69, 9.17) is 0 Å². The molecule has 0 aliphatic carbocycles. The lowest BCUT2D eigenvalue weighted by atomic mass is 10.3. The van der Waals surface area contributed by atoms with Crippen LogP contribution >= 0.6 is 7.26 Å². The Labute approximate surface area is 146 Å². The first-order valence-electron chi connectivity index (χ1n) is 8.70. The van der Waals surface area contributed by atoms with E-state index in [2.05, 4.69) is 103 Å². The van der Waals surface area contributed by atoms with Gasteiger partial charge in [-0.15, -0.1) is 0 Å². The summed E-state index contributed by atoms with van der Waals surface area (Å²) >= 11 is 0. The predicted molar refractivity (Wildman–Crippen MR) is 107 cm³/mol. The molecule has 3 aromatic carbocycles. The predicted octanol–water partition coefficient (Wildman–Crippen LogP) is 2.56. The zero-order valence-electron chi connectivity index (χ0n) is 14.3. The van der Waals surface area contributed by atoms with Gasteiger partial charge < -0.3 is 5.32 Å². The van der Waals surface area contributed by atoms with Gasteiger partial charge in [-0.3, -0.25) is 0 Å². The molecule has 122 valence electrons. The molecule has 2 N–H and O–H groups in total. The third-order valence-corrected chi connectivity index (χ3v) is 9.10. The van der Waals surface area contributed by atoms with E-state index < -0.39 is 7.26 Å². The molecule has 0 aliphatic heterocycles. The van der Waals surface area contributed by atoms with Crippen LogP contribution in [0.2, 0.25) is 0 Å². The van der Waals surface area contributed by atoms with Crippen LogP contribution in [-0.4, -0.2) is 19.8 Å². The summed E-state index contributed by atoms with van der Waals surface area (Å²) in [4.78, 5) is 0. The van der Waals surface area contributed by atoms with Crippen molar-refractivity contribution in [3.8, 4) is 0 Å². The number of nitrogens with two attached hydrogens (primary N) is 1.